The second-order valence-corrected chi connectivity index (χ2v) is 10.2. The maximum Gasteiger partial charge on any atom is 0.407 e. The molecule has 5 rings (SSSR count). The van der Waals surface area contributed by atoms with E-state index in [1.165, 1.54) is 0 Å². The van der Waals surface area contributed by atoms with Gasteiger partial charge in [-0.3, -0.25) is 9.36 Å². The number of carboxylic acids is 1. The summed E-state index contributed by atoms with van der Waals surface area (Å²) in [5.41, 5.74) is -2.78. The Morgan fingerprint density at radius 2 is 1.78 bits per heavy atom. The van der Waals surface area contributed by atoms with Crippen molar-refractivity contribution >= 4 is 28.9 Å². The van der Waals surface area contributed by atoms with E-state index in [-0.39, 0.29) is 40.4 Å². The fraction of sp³-hybridized carbons (Fsp3) is 0.360. The molecule has 194 valence electrons. The first-order valence-corrected chi connectivity index (χ1v) is 11.5. The van der Waals surface area contributed by atoms with Crippen molar-refractivity contribution in [2.45, 2.75) is 32.4 Å². The van der Waals surface area contributed by atoms with E-state index >= 15 is 4.39 Å². The Hall–Kier alpha value is -4.09. The van der Waals surface area contributed by atoms with E-state index in [0.29, 0.717) is 19.2 Å². The minimum absolute atomic E-state index is 0.0375. The van der Waals surface area contributed by atoms with Crippen LogP contribution in [0, 0.1) is 29.3 Å². The summed E-state index contributed by atoms with van der Waals surface area (Å²) in [5, 5.41) is 11.9. The molecule has 2 aliphatic rings. The Morgan fingerprint density at radius 3 is 2.38 bits per heavy atom. The van der Waals surface area contributed by atoms with Gasteiger partial charge in [-0.25, -0.2) is 27.7 Å². The summed E-state index contributed by atoms with van der Waals surface area (Å²) in [5.74, 6) is -4.34. The lowest BCUT2D eigenvalue weighted by molar-refractivity contribution is 0.0517. The molecule has 2 aromatic heterocycles. The molecule has 1 saturated carbocycles. The highest BCUT2D eigenvalue weighted by Crippen LogP contribution is 2.47. The van der Waals surface area contributed by atoms with Gasteiger partial charge in [0.1, 0.15) is 22.8 Å². The number of carboxylic acid groups (broad SMARTS) is 1. The maximum absolute atomic E-state index is 15.2. The van der Waals surface area contributed by atoms with Gasteiger partial charge in [0.25, 0.3) is 0 Å². The Kier molecular flexibility index (Phi) is 5.65. The van der Waals surface area contributed by atoms with Gasteiger partial charge >= 0.3 is 12.1 Å². The molecular formula is C25H23F3N4O5. The molecule has 1 aliphatic carbocycles. The van der Waals surface area contributed by atoms with Crippen molar-refractivity contribution in [1.82, 2.24) is 14.9 Å². The number of pyridine rings is 2. The summed E-state index contributed by atoms with van der Waals surface area (Å²) in [6, 6.07) is 3.40. The third-order valence-corrected chi connectivity index (χ3v) is 6.49. The second-order valence-electron chi connectivity index (χ2n) is 10.2. The molecule has 1 amide bonds. The quantitative estimate of drug-likeness (QED) is 0.546. The van der Waals surface area contributed by atoms with Crippen molar-refractivity contribution in [2.75, 3.05) is 18.0 Å². The van der Waals surface area contributed by atoms with E-state index in [4.69, 9.17) is 4.74 Å². The summed E-state index contributed by atoms with van der Waals surface area (Å²) in [7, 11) is 0. The highest BCUT2D eigenvalue weighted by molar-refractivity contribution is 5.92. The number of nitrogens with zero attached hydrogens (tertiary/aromatic N) is 3. The minimum Gasteiger partial charge on any atom is -0.477 e. The van der Waals surface area contributed by atoms with Crippen molar-refractivity contribution in [3.63, 3.8) is 0 Å². The van der Waals surface area contributed by atoms with Crippen LogP contribution >= 0.6 is 0 Å². The largest absolute Gasteiger partial charge is 0.477 e. The van der Waals surface area contributed by atoms with Crippen molar-refractivity contribution in [2.24, 2.45) is 11.8 Å². The van der Waals surface area contributed by atoms with Crippen LogP contribution in [0.25, 0.3) is 16.7 Å². The number of halogens is 3. The van der Waals surface area contributed by atoms with Crippen LogP contribution in [0.4, 0.5) is 23.8 Å². The first kappa shape index (κ1) is 24.6. The minimum atomic E-state index is -1.59. The van der Waals surface area contributed by atoms with Crippen LogP contribution < -0.4 is 15.6 Å². The normalized spacial score (nSPS) is 20.6. The number of anilines is 1. The predicted octanol–water partition coefficient (Wildman–Crippen LogP) is 3.46. The molecule has 9 nitrogen and oxygen atoms in total. The average Bonchev–Trinajstić information content (AvgIpc) is 3.21. The number of aromatic carboxylic acids is 1. The van der Waals surface area contributed by atoms with E-state index in [1.807, 2.05) is 0 Å². The average molecular weight is 516 g/mol. The summed E-state index contributed by atoms with van der Waals surface area (Å²) in [6.45, 7) is 6.00. The van der Waals surface area contributed by atoms with Crippen LogP contribution in [0.2, 0.25) is 0 Å². The fourth-order valence-corrected chi connectivity index (χ4v) is 4.81. The Morgan fingerprint density at radius 1 is 1.11 bits per heavy atom. The number of aromatic nitrogens is 2. The number of amides is 1. The Labute approximate surface area is 208 Å². The topological polar surface area (TPSA) is 114 Å². The van der Waals surface area contributed by atoms with Crippen molar-refractivity contribution in [3.05, 3.63) is 63.7 Å². The third kappa shape index (κ3) is 4.47. The molecule has 0 spiro atoms. The standard InChI is InChI=1S/C25H23F3N4O5/c1-25(2,3)37-24(36)29-19-13-8-31(9-14(13)19)22-17(28)7-12-20(33)15(23(34)35)10-32(21(12)30-22)18-5-4-11(26)6-16(18)27/h4-7,10,13-14,19H,8-9H2,1-3H3,(H,29,36)(H,34,35)/t13-,14+,19?. The number of hydrogen-bond donors (Lipinski definition) is 2. The van der Waals surface area contributed by atoms with Gasteiger partial charge in [0.2, 0.25) is 5.43 Å². The first-order chi connectivity index (χ1) is 17.3. The Balaban J connectivity index is 1.49. The lowest BCUT2D eigenvalue weighted by Crippen LogP contribution is -2.38. The summed E-state index contributed by atoms with van der Waals surface area (Å²) in [6.07, 6.45) is 0.355. The van der Waals surface area contributed by atoms with Gasteiger partial charge in [0.05, 0.1) is 11.1 Å². The number of fused-ring (bicyclic) bond motifs is 2. The lowest BCUT2D eigenvalue weighted by atomic mass is 10.1. The van der Waals surface area contributed by atoms with Crippen molar-refractivity contribution < 1.29 is 32.6 Å². The molecule has 2 fully saturated rings. The van der Waals surface area contributed by atoms with Crippen molar-refractivity contribution in [3.8, 4) is 5.69 Å². The summed E-state index contributed by atoms with van der Waals surface area (Å²) in [4.78, 5) is 42.4. The molecule has 1 aliphatic heterocycles. The third-order valence-electron chi connectivity index (χ3n) is 6.49. The lowest BCUT2D eigenvalue weighted by Gasteiger charge is -2.24. The molecule has 0 bridgehead atoms. The van der Waals surface area contributed by atoms with Crippen molar-refractivity contribution in [1.29, 1.82) is 0 Å². The molecule has 12 heteroatoms. The summed E-state index contributed by atoms with van der Waals surface area (Å²) >= 11 is 0. The van der Waals surface area contributed by atoms with Crippen LogP contribution in [0.1, 0.15) is 31.1 Å². The number of rotatable bonds is 4. The number of piperidine rings is 1. The molecule has 3 aromatic rings. The number of carbonyl (C=O) groups excluding carboxylic acids is 1. The first-order valence-electron chi connectivity index (χ1n) is 11.5. The van der Waals surface area contributed by atoms with Crippen LogP contribution in [-0.2, 0) is 4.74 Å². The van der Waals surface area contributed by atoms with Gasteiger partial charge in [-0.2, -0.15) is 0 Å². The summed E-state index contributed by atoms with van der Waals surface area (Å²) < 4.78 is 49.6. The number of alkyl carbamates (subject to hydrolysis) is 1. The zero-order valence-electron chi connectivity index (χ0n) is 20.1. The molecular weight excluding hydrogens is 493 g/mol. The monoisotopic (exact) mass is 516 g/mol. The van der Waals surface area contributed by atoms with Gasteiger partial charge in [-0.1, -0.05) is 0 Å². The molecule has 1 unspecified atom stereocenters. The number of nitrogens with one attached hydrogen (secondary N) is 1. The van der Waals surface area contributed by atoms with E-state index < -0.39 is 46.1 Å². The molecule has 3 atom stereocenters. The van der Waals surface area contributed by atoms with Gasteiger partial charge in [0.15, 0.2) is 17.3 Å². The number of carbonyl (C=O) groups is 2. The van der Waals surface area contributed by atoms with Gasteiger partial charge in [0, 0.05) is 43.2 Å². The fourth-order valence-electron chi connectivity index (χ4n) is 4.81. The molecule has 0 radical (unpaired) electrons. The smallest absolute Gasteiger partial charge is 0.407 e. The maximum atomic E-state index is 15.2. The Bertz CT molecular complexity index is 1500. The SMILES string of the molecule is CC(C)(C)OC(=O)NC1[C@H]2CN(c3nc4c(cc3F)c(=O)c(C(=O)O)cn4-c3ccc(F)cc3F)C[C@@H]12. The van der Waals surface area contributed by atoms with Crippen LogP contribution in [0.3, 0.4) is 0 Å². The predicted molar refractivity (Wildman–Crippen MR) is 127 cm³/mol. The van der Waals surface area contributed by atoms with E-state index in [2.05, 4.69) is 10.3 Å². The van der Waals surface area contributed by atoms with Crippen LogP contribution in [0.15, 0.2) is 35.3 Å². The van der Waals surface area contributed by atoms with Gasteiger partial charge in [-0.05, 0) is 39.0 Å². The zero-order valence-corrected chi connectivity index (χ0v) is 20.1. The number of ether oxygens (including phenoxy) is 1. The van der Waals surface area contributed by atoms with Crippen LogP contribution in [0.5, 0.6) is 0 Å². The zero-order chi connectivity index (χ0) is 26.8. The highest BCUT2D eigenvalue weighted by atomic mass is 19.1. The molecule has 3 heterocycles. The molecule has 1 saturated heterocycles. The van der Waals surface area contributed by atoms with E-state index in [0.717, 1.165) is 29.0 Å². The van der Waals surface area contributed by atoms with Crippen LogP contribution in [-0.4, -0.2) is 51.5 Å². The van der Waals surface area contributed by atoms with E-state index in [1.54, 1.807) is 25.7 Å². The molecule has 1 aromatic carbocycles. The van der Waals surface area contributed by atoms with Gasteiger partial charge < -0.3 is 20.1 Å². The number of hydrogen-bond acceptors (Lipinski definition) is 6. The van der Waals surface area contributed by atoms with E-state index in [9.17, 15) is 28.3 Å². The van der Waals surface area contributed by atoms with Gasteiger partial charge in [-0.15, -0.1) is 0 Å². The number of benzene rings is 1. The highest BCUT2D eigenvalue weighted by Gasteiger charge is 2.57. The molecule has 2 N–H and O–H groups in total. The molecule has 37 heavy (non-hydrogen) atoms. The second kappa shape index (κ2) is 8.49.